The Morgan fingerprint density at radius 2 is 1.83 bits per heavy atom. The van der Waals surface area contributed by atoms with Crippen molar-refractivity contribution >= 4 is 27.4 Å². The van der Waals surface area contributed by atoms with Gasteiger partial charge in [-0.25, -0.2) is 4.98 Å². The van der Waals surface area contributed by atoms with Crippen LogP contribution in [0, 0.1) is 0 Å². The van der Waals surface area contributed by atoms with Crippen LogP contribution in [0.25, 0.3) is 5.65 Å². The van der Waals surface area contributed by atoms with E-state index in [0.29, 0.717) is 11.3 Å². The van der Waals surface area contributed by atoms with Crippen LogP contribution in [0.1, 0.15) is 16.1 Å². The average molecular weight is 301 g/mol. The molecule has 18 heavy (non-hydrogen) atoms. The van der Waals surface area contributed by atoms with Crippen molar-refractivity contribution < 1.29 is 4.79 Å². The Kier molecular flexibility index (Phi) is 2.72. The lowest BCUT2D eigenvalue weighted by atomic mass is 10.1. The number of benzene rings is 1. The van der Waals surface area contributed by atoms with Crippen LogP contribution in [0.15, 0.2) is 59.3 Å². The number of carbonyl (C=O) groups is 1. The Morgan fingerprint density at radius 1 is 1.06 bits per heavy atom. The molecule has 0 fully saturated rings. The largest absolute Gasteiger partial charge is 0.305 e. The van der Waals surface area contributed by atoms with Crippen molar-refractivity contribution in [3.63, 3.8) is 0 Å². The summed E-state index contributed by atoms with van der Waals surface area (Å²) < 4.78 is 2.78. The van der Waals surface area contributed by atoms with E-state index in [-0.39, 0.29) is 5.78 Å². The first kappa shape index (κ1) is 11.2. The normalized spacial score (nSPS) is 10.7. The van der Waals surface area contributed by atoms with Crippen molar-refractivity contribution in [2.75, 3.05) is 0 Å². The summed E-state index contributed by atoms with van der Waals surface area (Å²) in [6.45, 7) is 0. The number of hydrogen-bond donors (Lipinski definition) is 0. The maximum absolute atomic E-state index is 12.2. The van der Waals surface area contributed by atoms with Gasteiger partial charge in [0.15, 0.2) is 0 Å². The van der Waals surface area contributed by atoms with E-state index in [1.165, 1.54) is 0 Å². The number of hydrogen-bond acceptors (Lipinski definition) is 2. The zero-order valence-electron chi connectivity index (χ0n) is 9.38. The van der Waals surface area contributed by atoms with Gasteiger partial charge in [0.05, 0.1) is 0 Å². The molecule has 2 heterocycles. The molecule has 0 radical (unpaired) electrons. The highest BCUT2D eigenvalue weighted by molar-refractivity contribution is 9.10. The Morgan fingerprint density at radius 3 is 2.61 bits per heavy atom. The fourth-order valence-corrected chi connectivity index (χ4v) is 2.16. The summed E-state index contributed by atoms with van der Waals surface area (Å²) in [6.07, 6.45) is 3.62. The van der Waals surface area contributed by atoms with Crippen molar-refractivity contribution in [2.24, 2.45) is 0 Å². The summed E-state index contributed by atoms with van der Waals surface area (Å²) in [6, 6.07) is 12.9. The second-order valence-corrected chi connectivity index (χ2v) is 4.85. The Hall–Kier alpha value is -1.94. The van der Waals surface area contributed by atoms with Gasteiger partial charge in [-0.2, -0.15) is 0 Å². The van der Waals surface area contributed by atoms with E-state index >= 15 is 0 Å². The molecule has 0 unspecified atom stereocenters. The summed E-state index contributed by atoms with van der Waals surface area (Å²) in [7, 11) is 0. The third-order valence-electron chi connectivity index (χ3n) is 2.68. The molecule has 0 amide bonds. The molecule has 0 saturated heterocycles. The molecule has 2 aromatic heterocycles. The van der Waals surface area contributed by atoms with Crippen LogP contribution in [0.3, 0.4) is 0 Å². The van der Waals surface area contributed by atoms with E-state index in [2.05, 4.69) is 20.9 Å². The average Bonchev–Trinajstić information content (AvgIpc) is 2.81. The van der Waals surface area contributed by atoms with Crippen LogP contribution >= 0.6 is 15.9 Å². The maximum atomic E-state index is 12.2. The number of nitrogens with zero attached hydrogens (tertiary/aromatic N) is 2. The summed E-state index contributed by atoms with van der Waals surface area (Å²) in [5, 5.41) is 0. The molecule has 0 N–H and O–H groups in total. The molecule has 0 aliphatic carbocycles. The van der Waals surface area contributed by atoms with Crippen LogP contribution in [-0.2, 0) is 0 Å². The van der Waals surface area contributed by atoms with Gasteiger partial charge in [-0.1, -0.05) is 30.3 Å². The zero-order chi connectivity index (χ0) is 12.5. The minimum absolute atomic E-state index is 0.0598. The molecule has 4 heteroatoms. The number of aromatic nitrogens is 2. The van der Waals surface area contributed by atoms with Gasteiger partial charge >= 0.3 is 0 Å². The van der Waals surface area contributed by atoms with Crippen LogP contribution in [0.4, 0.5) is 0 Å². The first-order valence-corrected chi connectivity index (χ1v) is 6.27. The molecule has 3 rings (SSSR count). The standard InChI is InChI=1S/C14H9BrN2O/c15-11-6-7-13-16-12(9-17(13)8-11)14(18)10-4-2-1-3-5-10/h1-9H. The summed E-state index contributed by atoms with van der Waals surface area (Å²) in [5.74, 6) is -0.0598. The first-order chi connectivity index (χ1) is 8.74. The second-order valence-electron chi connectivity index (χ2n) is 3.93. The van der Waals surface area contributed by atoms with Crippen molar-refractivity contribution in [1.29, 1.82) is 0 Å². The number of carbonyl (C=O) groups excluding carboxylic acids is 1. The SMILES string of the molecule is O=C(c1ccccc1)c1cn2cc(Br)ccc2n1. The lowest BCUT2D eigenvalue weighted by molar-refractivity contribution is 0.103. The monoisotopic (exact) mass is 300 g/mol. The zero-order valence-corrected chi connectivity index (χ0v) is 11.0. The quantitative estimate of drug-likeness (QED) is 0.680. The van der Waals surface area contributed by atoms with Gasteiger partial charge in [0.25, 0.3) is 0 Å². The number of imidazole rings is 1. The fraction of sp³-hybridized carbons (Fsp3) is 0. The Balaban J connectivity index is 2.07. The minimum atomic E-state index is -0.0598. The van der Waals surface area contributed by atoms with Crippen molar-refractivity contribution in [1.82, 2.24) is 9.38 Å². The number of halogens is 1. The van der Waals surface area contributed by atoms with Crippen molar-refractivity contribution in [2.45, 2.75) is 0 Å². The number of pyridine rings is 1. The van der Waals surface area contributed by atoms with E-state index < -0.39 is 0 Å². The molecule has 3 aromatic rings. The van der Waals surface area contributed by atoms with E-state index in [0.717, 1.165) is 10.1 Å². The number of rotatable bonds is 2. The summed E-state index contributed by atoms with van der Waals surface area (Å²) in [4.78, 5) is 16.5. The molecule has 3 nitrogen and oxygen atoms in total. The highest BCUT2D eigenvalue weighted by Gasteiger charge is 2.12. The molecule has 0 bridgehead atoms. The Bertz CT molecular complexity index is 719. The number of fused-ring (bicyclic) bond motifs is 1. The first-order valence-electron chi connectivity index (χ1n) is 5.48. The molecular weight excluding hydrogens is 292 g/mol. The highest BCUT2D eigenvalue weighted by atomic mass is 79.9. The maximum Gasteiger partial charge on any atom is 0.212 e. The molecule has 0 saturated carbocycles. The van der Waals surface area contributed by atoms with Gasteiger partial charge in [-0.3, -0.25) is 4.79 Å². The lowest BCUT2D eigenvalue weighted by Gasteiger charge is -1.95. The van der Waals surface area contributed by atoms with Crippen LogP contribution in [0.2, 0.25) is 0 Å². The molecule has 0 atom stereocenters. The van der Waals surface area contributed by atoms with E-state index in [9.17, 15) is 4.79 Å². The van der Waals surface area contributed by atoms with E-state index in [1.807, 2.05) is 40.9 Å². The fourth-order valence-electron chi connectivity index (χ4n) is 1.81. The van der Waals surface area contributed by atoms with Crippen LogP contribution < -0.4 is 0 Å². The van der Waals surface area contributed by atoms with Crippen LogP contribution in [-0.4, -0.2) is 15.2 Å². The van der Waals surface area contributed by atoms with Crippen molar-refractivity contribution in [3.8, 4) is 0 Å². The van der Waals surface area contributed by atoms with Gasteiger partial charge in [-0.15, -0.1) is 0 Å². The predicted octanol–water partition coefficient (Wildman–Crippen LogP) is 3.33. The minimum Gasteiger partial charge on any atom is -0.305 e. The van der Waals surface area contributed by atoms with Crippen molar-refractivity contribution in [3.05, 3.63) is 70.6 Å². The predicted molar refractivity (Wildman–Crippen MR) is 72.8 cm³/mol. The highest BCUT2D eigenvalue weighted by Crippen LogP contribution is 2.14. The van der Waals surface area contributed by atoms with Gasteiger partial charge in [0.1, 0.15) is 11.3 Å². The lowest BCUT2D eigenvalue weighted by Crippen LogP contribution is -2.00. The topological polar surface area (TPSA) is 34.4 Å². The summed E-state index contributed by atoms with van der Waals surface area (Å²) >= 11 is 3.39. The number of ketones is 1. The second kappa shape index (κ2) is 4.38. The van der Waals surface area contributed by atoms with E-state index in [4.69, 9.17) is 0 Å². The molecule has 1 aromatic carbocycles. The molecular formula is C14H9BrN2O. The third kappa shape index (κ3) is 1.95. The summed E-state index contributed by atoms with van der Waals surface area (Å²) in [5.41, 5.74) is 1.87. The van der Waals surface area contributed by atoms with E-state index in [1.54, 1.807) is 18.3 Å². The molecule has 0 aliphatic heterocycles. The molecule has 88 valence electrons. The Labute approximate surface area is 112 Å². The molecule has 0 spiro atoms. The third-order valence-corrected chi connectivity index (χ3v) is 3.15. The smallest absolute Gasteiger partial charge is 0.212 e. The van der Waals surface area contributed by atoms with Gasteiger partial charge < -0.3 is 4.40 Å². The van der Waals surface area contributed by atoms with Gasteiger partial charge in [0.2, 0.25) is 5.78 Å². The molecule has 0 aliphatic rings. The van der Waals surface area contributed by atoms with Crippen LogP contribution in [0.5, 0.6) is 0 Å². The van der Waals surface area contributed by atoms with Gasteiger partial charge in [-0.05, 0) is 28.1 Å². The van der Waals surface area contributed by atoms with Gasteiger partial charge in [0, 0.05) is 22.4 Å².